The lowest BCUT2D eigenvalue weighted by molar-refractivity contribution is 0.0303. The SMILES string of the molecule is NCC(NS(=O)(=O)c1ccc(C(=O)N2CCOCC2)cc1)C1CCCC1. The summed E-state index contributed by atoms with van der Waals surface area (Å²) in [4.78, 5) is 14.3. The van der Waals surface area contributed by atoms with Crippen LogP contribution in [0.4, 0.5) is 0 Å². The minimum Gasteiger partial charge on any atom is -0.378 e. The first kappa shape index (κ1) is 19.3. The van der Waals surface area contributed by atoms with Crippen molar-refractivity contribution in [1.82, 2.24) is 9.62 Å². The lowest BCUT2D eigenvalue weighted by Crippen LogP contribution is -2.44. The number of morpholine rings is 1. The molecule has 7 nitrogen and oxygen atoms in total. The summed E-state index contributed by atoms with van der Waals surface area (Å²) < 4.78 is 33.3. The van der Waals surface area contributed by atoms with E-state index in [1.165, 1.54) is 12.1 Å². The third-order valence-electron chi connectivity index (χ3n) is 5.24. The predicted molar refractivity (Wildman–Crippen MR) is 98.3 cm³/mol. The van der Waals surface area contributed by atoms with Gasteiger partial charge in [-0.1, -0.05) is 12.8 Å². The summed E-state index contributed by atoms with van der Waals surface area (Å²) in [5.41, 5.74) is 6.28. The molecule has 1 saturated heterocycles. The standard InChI is InChI=1S/C18H27N3O4S/c19-13-17(14-3-1-2-4-14)20-26(23,24)16-7-5-15(6-8-16)18(22)21-9-11-25-12-10-21/h5-8,14,17,20H,1-4,9-13,19H2. The third-order valence-corrected chi connectivity index (χ3v) is 6.75. The Kier molecular flexibility index (Phi) is 6.29. The van der Waals surface area contributed by atoms with Crippen molar-refractivity contribution in [1.29, 1.82) is 0 Å². The van der Waals surface area contributed by atoms with Crippen LogP contribution in [0.25, 0.3) is 0 Å². The highest BCUT2D eigenvalue weighted by atomic mass is 32.2. The summed E-state index contributed by atoms with van der Waals surface area (Å²) in [6.07, 6.45) is 4.28. The maximum atomic E-state index is 12.7. The molecule has 2 aliphatic rings. The summed E-state index contributed by atoms with van der Waals surface area (Å²) in [6.45, 7) is 2.46. The molecule has 0 bridgehead atoms. The fourth-order valence-electron chi connectivity index (χ4n) is 3.69. The molecule has 1 saturated carbocycles. The van der Waals surface area contributed by atoms with Crippen molar-refractivity contribution in [2.45, 2.75) is 36.6 Å². The zero-order valence-corrected chi connectivity index (χ0v) is 15.7. The van der Waals surface area contributed by atoms with Crippen LogP contribution in [0.15, 0.2) is 29.2 Å². The molecule has 1 aliphatic heterocycles. The molecule has 0 spiro atoms. The highest BCUT2D eigenvalue weighted by molar-refractivity contribution is 7.89. The molecule has 2 fully saturated rings. The Morgan fingerprint density at radius 1 is 1.19 bits per heavy atom. The van der Waals surface area contributed by atoms with E-state index >= 15 is 0 Å². The first-order valence-corrected chi connectivity index (χ1v) is 10.7. The van der Waals surface area contributed by atoms with Gasteiger partial charge in [-0.3, -0.25) is 4.79 Å². The highest BCUT2D eigenvalue weighted by Crippen LogP contribution is 2.28. The second-order valence-electron chi connectivity index (χ2n) is 6.94. The van der Waals surface area contributed by atoms with E-state index in [9.17, 15) is 13.2 Å². The average Bonchev–Trinajstić information content (AvgIpc) is 3.21. The number of nitrogens with two attached hydrogens (primary N) is 1. The topological polar surface area (TPSA) is 102 Å². The van der Waals surface area contributed by atoms with Gasteiger partial charge in [-0.2, -0.15) is 0 Å². The van der Waals surface area contributed by atoms with Crippen LogP contribution in [0, 0.1) is 5.92 Å². The molecule has 1 amide bonds. The number of benzene rings is 1. The molecule has 8 heteroatoms. The number of hydrogen-bond donors (Lipinski definition) is 2. The molecule has 1 aromatic carbocycles. The van der Waals surface area contributed by atoms with Gasteiger partial charge in [0.25, 0.3) is 5.91 Å². The van der Waals surface area contributed by atoms with Gasteiger partial charge in [-0.15, -0.1) is 0 Å². The normalized spacial score (nSPS) is 20.3. The number of hydrogen-bond acceptors (Lipinski definition) is 5. The van der Waals surface area contributed by atoms with Crippen LogP contribution < -0.4 is 10.5 Å². The van der Waals surface area contributed by atoms with Gasteiger partial charge in [-0.05, 0) is 43.0 Å². The monoisotopic (exact) mass is 381 g/mol. The van der Waals surface area contributed by atoms with E-state index in [0.717, 1.165) is 25.7 Å². The second kappa shape index (κ2) is 8.47. The molecule has 3 rings (SSSR count). The lowest BCUT2D eigenvalue weighted by atomic mass is 9.99. The maximum absolute atomic E-state index is 12.7. The van der Waals surface area contributed by atoms with Crippen molar-refractivity contribution >= 4 is 15.9 Å². The van der Waals surface area contributed by atoms with E-state index < -0.39 is 10.0 Å². The molecule has 1 aliphatic carbocycles. The second-order valence-corrected chi connectivity index (χ2v) is 8.65. The van der Waals surface area contributed by atoms with Crippen LogP contribution in [-0.4, -0.2) is 58.1 Å². The number of rotatable bonds is 6. The Morgan fingerprint density at radius 2 is 1.81 bits per heavy atom. The van der Waals surface area contributed by atoms with Gasteiger partial charge < -0.3 is 15.4 Å². The van der Waals surface area contributed by atoms with Crippen molar-refractivity contribution in [2.24, 2.45) is 11.7 Å². The number of carbonyl (C=O) groups is 1. The quantitative estimate of drug-likeness (QED) is 0.764. The smallest absolute Gasteiger partial charge is 0.254 e. The number of ether oxygens (including phenoxy) is 1. The highest BCUT2D eigenvalue weighted by Gasteiger charge is 2.28. The summed E-state index contributed by atoms with van der Waals surface area (Å²) >= 11 is 0. The Hall–Kier alpha value is -1.48. The van der Waals surface area contributed by atoms with Gasteiger partial charge in [0.15, 0.2) is 0 Å². The fraction of sp³-hybridized carbons (Fsp3) is 0.611. The number of carbonyl (C=O) groups excluding carboxylic acids is 1. The minimum absolute atomic E-state index is 0.101. The molecule has 1 unspecified atom stereocenters. The largest absolute Gasteiger partial charge is 0.378 e. The number of sulfonamides is 1. The van der Waals surface area contributed by atoms with Gasteiger partial charge in [0.05, 0.1) is 18.1 Å². The predicted octanol–water partition coefficient (Wildman–Crippen LogP) is 0.955. The molecular weight excluding hydrogens is 354 g/mol. The lowest BCUT2D eigenvalue weighted by Gasteiger charge is -2.27. The van der Waals surface area contributed by atoms with Crippen LogP contribution >= 0.6 is 0 Å². The zero-order chi connectivity index (χ0) is 18.6. The van der Waals surface area contributed by atoms with Crippen molar-refractivity contribution in [3.63, 3.8) is 0 Å². The first-order valence-electron chi connectivity index (χ1n) is 9.21. The van der Waals surface area contributed by atoms with E-state index in [1.807, 2.05) is 0 Å². The third kappa shape index (κ3) is 4.43. The van der Waals surface area contributed by atoms with E-state index in [2.05, 4.69) is 4.72 Å². The van der Waals surface area contributed by atoms with Crippen molar-refractivity contribution < 1.29 is 17.9 Å². The van der Waals surface area contributed by atoms with Crippen LogP contribution in [0.5, 0.6) is 0 Å². The fourth-order valence-corrected chi connectivity index (χ4v) is 5.01. The van der Waals surface area contributed by atoms with Crippen LogP contribution in [0.1, 0.15) is 36.0 Å². The molecule has 0 aromatic heterocycles. The summed E-state index contributed by atoms with van der Waals surface area (Å²) in [7, 11) is -3.65. The summed E-state index contributed by atoms with van der Waals surface area (Å²) in [5, 5.41) is 0. The van der Waals surface area contributed by atoms with Crippen molar-refractivity contribution in [3.05, 3.63) is 29.8 Å². The molecule has 0 radical (unpaired) electrons. The molecule has 1 atom stereocenters. The summed E-state index contributed by atoms with van der Waals surface area (Å²) in [6, 6.07) is 5.87. The molecule has 26 heavy (non-hydrogen) atoms. The van der Waals surface area contributed by atoms with E-state index in [-0.39, 0.29) is 23.4 Å². The Bertz CT molecular complexity index is 708. The first-order chi connectivity index (χ1) is 12.5. The van der Waals surface area contributed by atoms with Gasteiger partial charge in [-0.25, -0.2) is 13.1 Å². The molecule has 3 N–H and O–H groups in total. The zero-order valence-electron chi connectivity index (χ0n) is 14.9. The Labute approximate surface area is 154 Å². The molecule has 1 heterocycles. The van der Waals surface area contributed by atoms with E-state index in [0.29, 0.717) is 37.8 Å². The summed E-state index contributed by atoms with van der Waals surface area (Å²) in [5.74, 6) is 0.202. The minimum atomic E-state index is -3.65. The molecular formula is C18H27N3O4S. The van der Waals surface area contributed by atoms with Crippen molar-refractivity contribution in [2.75, 3.05) is 32.8 Å². The van der Waals surface area contributed by atoms with E-state index in [4.69, 9.17) is 10.5 Å². The maximum Gasteiger partial charge on any atom is 0.254 e. The van der Waals surface area contributed by atoms with E-state index in [1.54, 1.807) is 17.0 Å². The van der Waals surface area contributed by atoms with Gasteiger partial charge in [0.2, 0.25) is 10.0 Å². The molecule has 144 valence electrons. The van der Waals surface area contributed by atoms with Crippen LogP contribution in [0.2, 0.25) is 0 Å². The van der Waals surface area contributed by atoms with Crippen LogP contribution in [-0.2, 0) is 14.8 Å². The van der Waals surface area contributed by atoms with Gasteiger partial charge in [0, 0.05) is 31.2 Å². The Balaban J connectivity index is 1.69. The molecule has 1 aromatic rings. The number of nitrogens with zero attached hydrogens (tertiary/aromatic N) is 1. The number of nitrogens with one attached hydrogen (secondary N) is 1. The van der Waals surface area contributed by atoms with Gasteiger partial charge >= 0.3 is 0 Å². The van der Waals surface area contributed by atoms with Gasteiger partial charge in [0.1, 0.15) is 0 Å². The Morgan fingerprint density at radius 3 is 2.38 bits per heavy atom. The van der Waals surface area contributed by atoms with Crippen molar-refractivity contribution in [3.8, 4) is 0 Å². The number of amides is 1. The average molecular weight is 381 g/mol. The van der Waals surface area contributed by atoms with Crippen LogP contribution in [0.3, 0.4) is 0 Å².